The summed E-state index contributed by atoms with van der Waals surface area (Å²) in [7, 11) is 0. The number of rotatable bonds is 5. The Morgan fingerprint density at radius 2 is 1.88 bits per heavy atom. The minimum Gasteiger partial charge on any atom is -0.457 e. The lowest BCUT2D eigenvalue weighted by molar-refractivity contribution is -0.137. The average Bonchev–Trinajstić information content (AvgIpc) is 3.25. The van der Waals surface area contributed by atoms with Gasteiger partial charge in [-0.15, -0.1) is 22.7 Å². The first kappa shape index (κ1) is 17.2. The predicted octanol–water partition coefficient (Wildman–Crippen LogP) is 6.40. The first-order valence-corrected chi connectivity index (χ1v) is 9.55. The third kappa shape index (κ3) is 4.28. The Hall–Kier alpha value is -1.59. The van der Waals surface area contributed by atoms with Gasteiger partial charge in [-0.25, -0.2) is 4.79 Å². The summed E-state index contributed by atoms with van der Waals surface area (Å²) < 4.78 is 5.46. The normalized spacial score (nSPS) is 11.5. The molecule has 2 nitrogen and oxygen atoms in total. The van der Waals surface area contributed by atoms with Crippen molar-refractivity contribution in [1.29, 1.82) is 0 Å². The van der Waals surface area contributed by atoms with E-state index in [1.807, 2.05) is 41.1 Å². The quantitative estimate of drug-likeness (QED) is 0.369. The molecule has 0 aliphatic rings. The van der Waals surface area contributed by atoms with E-state index in [1.165, 1.54) is 11.3 Å². The SMILES string of the molecule is O=C(OCc1ccc(Cl)cc1Cl)/C(=C/c1cccs1)c1cccs1. The van der Waals surface area contributed by atoms with Crippen LogP contribution in [0.15, 0.2) is 53.2 Å². The van der Waals surface area contributed by atoms with Gasteiger partial charge in [0, 0.05) is 25.4 Å². The second-order valence-corrected chi connectivity index (χ2v) is 7.63. The fourth-order valence-corrected chi connectivity index (χ4v) is 3.89. The van der Waals surface area contributed by atoms with E-state index >= 15 is 0 Å². The van der Waals surface area contributed by atoms with Crippen LogP contribution in [0.25, 0.3) is 11.6 Å². The molecule has 0 spiro atoms. The van der Waals surface area contributed by atoms with Crippen molar-refractivity contribution in [1.82, 2.24) is 0 Å². The molecular weight excluding hydrogens is 383 g/mol. The molecule has 6 heteroatoms. The van der Waals surface area contributed by atoms with Gasteiger partial charge in [-0.3, -0.25) is 0 Å². The molecule has 122 valence electrons. The summed E-state index contributed by atoms with van der Waals surface area (Å²) in [6.07, 6.45) is 1.85. The second kappa shape index (κ2) is 7.99. The molecule has 2 aromatic heterocycles. The number of halogens is 2. The maximum atomic E-state index is 12.6. The molecule has 0 saturated heterocycles. The number of hydrogen-bond acceptors (Lipinski definition) is 4. The fraction of sp³-hybridized carbons (Fsp3) is 0.0556. The smallest absolute Gasteiger partial charge is 0.339 e. The van der Waals surface area contributed by atoms with Crippen LogP contribution in [-0.2, 0) is 16.1 Å². The van der Waals surface area contributed by atoms with E-state index in [4.69, 9.17) is 27.9 Å². The summed E-state index contributed by atoms with van der Waals surface area (Å²) in [6, 6.07) is 12.8. The van der Waals surface area contributed by atoms with Crippen molar-refractivity contribution in [3.05, 3.63) is 78.6 Å². The number of esters is 1. The van der Waals surface area contributed by atoms with Gasteiger partial charge in [0.15, 0.2) is 0 Å². The largest absolute Gasteiger partial charge is 0.457 e. The fourth-order valence-electron chi connectivity index (χ4n) is 2.04. The number of carbonyl (C=O) groups excluding carboxylic acids is 1. The van der Waals surface area contributed by atoms with Gasteiger partial charge in [-0.2, -0.15) is 0 Å². The van der Waals surface area contributed by atoms with Crippen LogP contribution in [0.3, 0.4) is 0 Å². The molecule has 1 aromatic carbocycles. The second-order valence-electron chi connectivity index (χ2n) is 4.86. The van der Waals surface area contributed by atoms with Crippen LogP contribution in [-0.4, -0.2) is 5.97 Å². The highest BCUT2D eigenvalue weighted by Crippen LogP contribution is 2.27. The number of carbonyl (C=O) groups is 1. The summed E-state index contributed by atoms with van der Waals surface area (Å²) in [5, 5.41) is 4.93. The molecule has 0 N–H and O–H groups in total. The number of thiophene rings is 2. The zero-order valence-corrected chi connectivity index (χ0v) is 15.5. The van der Waals surface area contributed by atoms with Gasteiger partial charge >= 0.3 is 5.97 Å². The van der Waals surface area contributed by atoms with Crippen LogP contribution in [0.1, 0.15) is 15.3 Å². The molecule has 0 aliphatic carbocycles. The van der Waals surface area contributed by atoms with Crippen LogP contribution in [0.4, 0.5) is 0 Å². The molecule has 3 aromatic rings. The van der Waals surface area contributed by atoms with E-state index < -0.39 is 0 Å². The molecule has 0 amide bonds. The number of benzene rings is 1. The first-order valence-electron chi connectivity index (χ1n) is 7.03. The van der Waals surface area contributed by atoms with Gasteiger partial charge < -0.3 is 4.74 Å². The predicted molar refractivity (Wildman–Crippen MR) is 103 cm³/mol. The molecule has 24 heavy (non-hydrogen) atoms. The van der Waals surface area contributed by atoms with Crippen molar-refractivity contribution in [2.45, 2.75) is 6.61 Å². The Balaban J connectivity index is 1.79. The molecular formula is C18H12Cl2O2S2. The van der Waals surface area contributed by atoms with Crippen molar-refractivity contribution in [3.63, 3.8) is 0 Å². The molecule has 2 heterocycles. The van der Waals surface area contributed by atoms with Crippen LogP contribution < -0.4 is 0 Å². The van der Waals surface area contributed by atoms with E-state index in [1.54, 1.807) is 29.5 Å². The highest BCUT2D eigenvalue weighted by atomic mass is 35.5. The van der Waals surface area contributed by atoms with Crippen molar-refractivity contribution in [2.75, 3.05) is 0 Å². The summed E-state index contributed by atoms with van der Waals surface area (Å²) in [5.74, 6) is -0.378. The van der Waals surface area contributed by atoms with Gasteiger partial charge in [0.1, 0.15) is 6.61 Å². The first-order chi connectivity index (χ1) is 11.6. The van der Waals surface area contributed by atoms with E-state index in [-0.39, 0.29) is 12.6 Å². The Bertz CT molecular complexity index is 853. The van der Waals surface area contributed by atoms with E-state index in [2.05, 4.69) is 0 Å². The average molecular weight is 395 g/mol. The van der Waals surface area contributed by atoms with Crippen LogP contribution in [0.2, 0.25) is 10.0 Å². The third-order valence-electron chi connectivity index (χ3n) is 3.21. The summed E-state index contributed by atoms with van der Waals surface area (Å²) in [4.78, 5) is 14.4. The van der Waals surface area contributed by atoms with Crippen LogP contribution in [0.5, 0.6) is 0 Å². The van der Waals surface area contributed by atoms with Gasteiger partial charge in [-0.05, 0) is 41.1 Å². The standard InChI is InChI=1S/C18H12Cl2O2S2/c19-13-6-5-12(16(20)9-13)11-22-18(21)15(17-4-2-8-24-17)10-14-3-1-7-23-14/h1-10H,11H2/b15-10+. The Labute approximate surface area is 157 Å². The van der Waals surface area contributed by atoms with E-state index in [0.717, 1.165) is 15.3 Å². The zero-order chi connectivity index (χ0) is 16.9. The molecule has 0 aliphatic heterocycles. The van der Waals surface area contributed by atoms with E-state index in [9.17, 15) is 4.79 Å². The van der Waals surface area contributed by atoms with Gasteiger partial charge in [-0.1, -0.05) is 41.4 Å². The third-order valence-corrected chi connectivity index (χ3v) is 5.52. The van der Waals surface area contributed by atoms with Gasteiger partial charge in [0.2, 0.25) is 0 Å². The van der Waals surface area contributed by atoms with E-state index in [0.29, 0.717) is 15.6 Å². The van der Waals surface area contributed by atoms with Crippen molar-refractivity contribution in [2.24, 2.45) is 0 Å². The Kier molecular flexibility index (Phi) is 5.74. The topological polar surface area (TPSA) is 26.3 Å². The lowest BCUT2D eigenvalue weighted by atomic mass is 10.2. The lowest BCUT2D eigenvalue weighted by Gasteiger charge is -2.09. The summed E-state index contributed by atoms with van der Waals surface area (Å²) in [5.41, 5.74) is 1.26. The molecule has 3 rings (SSSR count). The number of hydrogen-bond donors (Lipinski definition) is 0. The molecule has 0 unspecified atom stereocenters. The minimum atomic E-state index is -0.378. The molecule has 0 radical (unpaired) electrons. The van der Waals surface area contributed by atoms with Crippen LogP contribution in [0, 0.1) is 0 Å². The molecule has 0 saturated carbocycles. The minimum absolute atomic E-state index is 0.0992. The lowest BCUT2D eigenvalue weighted by Crippen LogP contribution is -2.06. The monoisotopic (exact) mass is 394 g/mol. The van der Waals surface area contributed by atoms with Crippen molar-refractivity contribution in [3.8, 4) is 0 Å². The Morgan fingerprint density at radius 1 is 1.08 bits per heavy atom. The molecule has 0 fully saturated rings. The van der Waals surface area contributed by atoms with Crippen LogP contribution >= 0.6 is 45.9 Å². The zero-order valence-electron chi connectivity index (χ0n) is 12.4. The highest BCUT2D eigenvalue weighted by molar-refractivity contribution is 7.12. The Morgan fingerprint density at radius 3 is 2.54 bits per heavy atom. The maximum Gasteiger partial charge on any atom is 0.339 e. The van der Waals surface area contributed by atoms with Crippen molar-refractivity contribution >= 4 is 63.5 Å². The maximum absolute atomic E-state index is 12.6. The highest BCUT2D eigenvalue weighted by Gasteiger charge is 2.16. The molecule has 0 atom stereocenters. The van der Waals surface area contributed by atoms with Gasteiger partial charge in [0.05, 0.1) is 5.57 Å². The number of ether oxygens (including phenoxy) is 1. The van der Waals surface area contributed by atoms with Gasteiger partial charge in [0.25, 0.3) is 0 Å². The summed E-state index contributed by atoms with van der Waals surface area (Å²) in [6.45, 7) is 0.0992. The summed E-state index contributed by atoms with van der Waals surface area (Å²) >= 11 is 15.1. The molecule has 0 bridgehead atoms. The van der Waals surface area contributed by atoms with Crippen molar-refractivity contribution < 1.29 is 9.53 Å².